The van der Waals surface area contributed by atoms with Crippen LogP contribution in [0.1, 0.15) is 44.0 Å². The lowest BCUT2D eigenvalue weighted by Gasteiger charge is -2.47. The molecule has 166 valence electrons. The fourth-order valence-electron chi connectivity index (χ4n) is 3.74. The minimum Gasteiger partial charge on any atom is -0.468 e. The van der Waals surface area contributed by atoms with Crippen LogP contribution in [0.3, 0.4) is 0 Å². The second-order valence-corrected chi connectivity index (χ2v) is 8.55. The SMILES string of the molecule is CC(C)(C)OC(=O)N1C2COCC1CC(C(=O)c1ccc(OCC(F)(F)F)nc1)C2. The van der Waals surface area contributed by atoms with Gasteiger partial charge in [0, 0.05) is 23.7 Å². The van der Waals surface area contributed by atoms with Crippen molar-refractivity contribution in [3.05, 3.63) is 23.9 Å². The van der Waals surface area contributed by atoms with Gasteiger partial charge in [-0.15, -0.1) is 0 Å². The number of ketones is 1. The summed E-state index contributed by atoms with van der Waals surface area (Å²) >= 11 is 0. The number of morpholine rings is 1. The van der Waals surface area contributed by atoms with Gasteiger partial charge in [0.05, 0.1) is 25.3 Å². The van der Waals surface area contributed by atoms with Gasteiger partial charge in [0.2, 0.25) is 5.88 Å². The number of alkyl halides is 3. The fourth-order valence-corrected chi connectivity index (χ4v) is 3.74. The number of Topliss-reactive ketones (excluding diaryl/α,β-unsaturated/α-hetero) is 1. The van der Waals surface area contributed by atoms with Crippen molar-refractivity contribution in [1.29, 1.82) is 0 Å². The number of fused-ring (bicyclic) bond motifs is 2. The van der Waals surface area contributed by atoms with Crippen molar-refractivity contribution in [1.82, 2.24) is 9.88 Å². The number of piperidine rings is 1. The Kier molecular flexibility index (Phi) is 6.26. The third kappa shape index (κ3) is 5.62. The summed E-state index contributed by atoms with van der Waals surface area (Å²) in [6.45, 7) is 4.58. The summed E-state index contributed by atoms with van der Waals surface area (Å²) in [7, 11) is 0. The van der Waals surface area contributed by atoms with Crippen LogP contribution in [0, 0.1) is 5.92 Å². The summed E-state index contributed by atoms with van der Waals surface area (Å²) in [6.07, 6.45) is -2.82. The van der Waals surface area contributed by atoms with E-state index in [9.17, 15) is 22.8 Å². The Labute approximate surface area is 172 Å². The van der Waals surface area contributed by atoms with Crippen molar-refractivity contribution in [3.8, 4) is 5.88 Å². The van der Waals surface area contributed by atoms with Gasteiger partial charge in [-0.05, 0) is 39.7 Å². The molecule has 2 aliphatic heterocycles. The van der Waals surface area contributed by atoms with Crippen molar-refractivity contribution in [2.24, 2.45) is 5.92 Å². The van der Waals surface area contributed by atoms with E-state index >= 15 is 0 Å². The Bertz CT molecular complexity index is 762. The van der Waals surface area contributed by atoms with Crippen molar-refractivity contribution in [2.45, 2.75) is 57.5 Å². The molecule has 3 rings (SSSR count). The van der Waals surface area contributed by atoms with Gasteiger partial charge < -0.3 is 14.2 Å². The van der Waals surface area contributed by atoms with E-state index in [2.05, 4.69) is 9.72 Å². The first-order valence-electron chi connectivity index (χ1n) is 9.72. The highest BCUT2D eigenvalue weighted by atomic mass is 19.4. The quantitative estimate of drug-likeness (QED) is 0.679. The molecule has 0 N–H and O–H groups in total. The number of carbonyl (C=O) groups is 2. The van der Waals surface area contributed by atoms with Gasteiger partial charge in [-0.3, -0.25) is 9.69 Å². The van der Waals surface area contributed by atoms with Gasteiger partial charge in [0.1, 0.15) is 5.60 Å². The zero-order chi connectivity index (χ0) is 22.1. The van der Waals surface area contributed by atoms with E-state index in [4.69, 9.17) is 9.47 Å². The molecule has 10 heteroatoms. The number of rotatable bonds is 4. The molecule has 2 bridgehead atoms. The van der Waals surface area contributed by atoms with E-state index in [0.29, 0.717) is 31.6 Å². The standard InChI is InChI=1S/C20H25F3N2O5/c1-19(2,3)30-18(27)25-14-6-13(7-15(25)10-28-9-14)17(26)12-4-5-16(24-8-12)29-11-20(21,22)23/h4-5,8,13-15H,6-7,9-11H2,1-3H3. The third-order valence-electron chi connectivity index (χ3n) is 4.90. The first-order chi connectivity index (χ1) is 13.9. The maximum Gasteiger partial charge on any atom is 0.422 e. The summed E-state index contributed by atoms with van der Waals surface area (Å²) < 4.78 is 52.3. The van der Waals surface area contributed by atoms with Gasteiger partial charge in [0.25, 0.3) is 0 Å². The molecule has 2 unspecified atom stereocenters. The van der Waals surface area contributed by atoms with E-state index in [0.717, 1.165) is 0 Å². The fraction of sp³-hybridized carbons (Fsp3) is 0.650. The number of hydrogen-bond donors (Lipinski definition) is 0. The molecule has 1 amide bonds. The molecule has 1 aromatic rings. The molecule has 0 radical (unpaired) electrons. The van der Waals surface area contributed by atoms with Crippen LogP contribution in [0.15, 0.2) is 18.3 Å². The maximum absolute atomic E-state index is 12.9. The number of ether oxygens (including phenoxy) is 3. The molecule has 1 aromatic heterocycles. The average Bonchev–Trinajstić information content (AvgIpc) is 2.63. The number of pyridine rings is 1. The molecular formula is C20H25F3N2O5. The number of hydrogen-bond acceptors (Lipinski definition) is 6. The summed E-state index contributed by atoms with van der Waals surface area (Å²) in [5, 5.41) is 0. The highest BCUT2D eigenvalue weighted by Gasteiger charge is 2.45. The minimum atomic E-state index is -4.46. The summed E-state index contributed by atoms with van der Waals surface area (Å²) in [4.78, 5) is 31.0. The first kappa shape index (κ1) is 22.3. The number of nitrogens with zero attached hydrogens (tertiary/aromatic N) is 2. The van der Waals surface area contributed by atoms with Crippen LogP contribution in [0.2, 0.25) is 0 Å². The topological polar surface area (TPSA) is 78.0 Å². The highest BCUT2D eigenvalue weighted by Crippen LogP contribution is 2.34. The Balaban J connectivity index is 1.65. The Morgan fingerprint density at radius 1 is 1.17 bits per heavy atom. The molecule has 2 fully saturated rings. The molecule has 2 atom stereocenters. The Morgan fingerprint density at radius 2 is 1.80 bits per heavy atom. The van der Waals surface area contributed by atoms with Crippen molar-refractivity contribution < 1.29 is 37.0 Å². The van der Waals surface area contributed by atoms with Crippen LogP contribution >= 0.6 is 0 Å². The van der Waals surface area contributed by atoms with Crippen molar-refractivity contribution in [2.75, 3.05) is 19.8 Å². The minimum absolute atomic E-state index is 0.161. The van der Waals surface area contributed by atoms with Crippen molar-refractivity contribution in [3.63, 3.8) is 0 Å². The molecule has 7 nitrogen and oxygen atoms in total. The van der Waals surface area contributed by atoms with Crippen LogP contribution < -0.4 is 4.74 Å². The van der Waals surface area contributed by atoms with Crippen LogP contribution in [0.4, 0.5) is 18.0 Å². The zero-order valence-corrected chi connectivity index (χ0v) is 17.1. The Morgan fingerprint density at radius 3 is 2.30 bits per heavy atom. The predicted octanol–water partition coefficient (Wildman–Crippen LogP) is 3.62. The predicted molar refractivity (Wildman–Crippen MR) is 99.3 cm³/mol. The molecule has 2 aliphatic rings. The molecular weight excluding hydrogens is 405 g/mol. The summed E-state index contributed by atoms with van der Waals surface area (Å²) in [5.74, 6) is -0.703. The van der Waals surface area contributed by atoms with E-state index in [-0.39, 0.29) is 29.7 Å². The lowest BCUT2D eigenvalue weighted by Crippen LogP contribution is -2.60. The molecule has 0 aromatic carbocycles. The van der Waals surface area contributed by atoms with E-state index in [1.807, 2.05) is 0 Å². The monoisotopic (exact) mass is 430 g/mol. The molecule has 2 saturated heterocycles. The molecule has 3 heterocycles. The molecule has 0 spiro atoms. The summed E-state index contributed by atoms with van der Waals surface area (Å²) in [5.41, 5.74) is -0.329. The first-order valence-corrected chi connectivity index (χ1v) is 9.72. The maximum atomic E-state index is 12.9. The smallest absolute Gasteiger partial charge is 0.422 e. The van der Waals surface area contributed by atoms with E-state index < -0.39 is 24.5 Å². The normalized spacial score (nSPS) is 24.3. The lowest BCUT2D eigenvalue weighted by atomic mass is 9.81. The van der Waals surface area contributed by atoms with Gasteiger partial charge in [-0.2, -0.15) is 13.2 Å². The number of amides is 1. The van der Waals surface area contributed by atoms with Gasteiger partial charge in [0.15, 0.2) is 12.4 Å². The van der Waals surface area contributed by atoms with Crippen LogP contribution in [0.25, 0.3) is 0 Å². The van der Waals surface area contributed by atoms with E-state index in [1.165, 1.54) is 18.3 Å². The third-order valence-corrected chi connectivity index (χ3v) is 4.90. The number of carbonyl (C=O) groups excluding carboxylic acids is 2. The largest absolute Gasteiger partial charge is 0.468 e. The second kappa shape index (κ2) is 8.41. The van der Waals surface area contributed by atoms with E-state index in [1.54, 1.807) is 25.7 Å². The van der Waals surface area contributed by atoms with Gasteiger partial charge in [-0.25, -0.2) is 9.78 Å². The van der Waals surface area contributed by atoms with Crippen LogP contribution in [-0.4, -0.2) is 65.4 Å². The van der Waals surface area contributed by atoms with Gasteiger partial charge >= 0.3 is 12.3 Å². The average molecular weight is 430 g/mol. The number of halogens is 3. The van der Waals surface area contributed by atoms with Gasteiger partial charge in [-0.1, -0.05) is 0 Å². The second-order valence-electron chi connectivity index (χ2n) is 8.55. The summed E-state index contributed by atoms with van der Waals surface area (Å²) in [6, 6.07) is 2.11. The highest BCUT2D eigenvalue weighted by molar-refractivity contribution is 5.97. The molecule has 0 saturated carbocycles. The number of aromatic nitrogens is 1. The molecule has 0 aliphatic carbocycles. The van der Waals surface area contributed by atoms with Crippen LogP contribution in [-0.2, 0) is 9.47 Å². The Hall–Kier alpha value is -2.36. The lowest BCUT2D eigenvalue weighted by molar-refractivity contribution is -0.154. The zero-order valence-electron chi connectivity index (χ0n) is 17.1. The van der Waals surface area contributed by atoms with Crippen molar-refractivity contribution >= 4 is 11.9 Å². The molecule has 30 heavy (non-hydrogen) atoms. The van der Waals surface area contributed by atoms with Crippen LogP contribution in [0.5, 0.6) is 5.88 Å².